The second-order valence-corrected chi connectivity index (χ2v) is 8.09. The number of carboxylic acid groups (broad SMARTS) is 1. The molecule has 0 saturated heterocycles. The molecule has 34 heavy (non-hydrogen) atoms. The molecule has 3 rings (SSSR count). The molecule has 0 saturated carbocycles. The van der Waals surface area contributed by atoms with Crippen molar-refractivity contribution in [2.45, 2.75) is 33.5 Å². The molecule has 0 radical (unpaired) electrons. The molecule has 3 aromatic rings. The van der Waals surface area contributed by atoms with E-state index in [1.54, 1.807) is 0 Å². The topological polar surface area (TPSA) is 65.0 Å². The predicted molar refractivity (Wildman–Crippen MR) is 135 cm³/mol. The molecular formula is C29H30O5. The first kappa shape index (κ1) is 24.6. The summed E-state index contributed by atoms with van der Waals surface area (Å²) in [5, 5.41) is 11.2. The summed E-state index contributed by atoms with van der Waals surface area (Å²) in [5.74, 6) is 0.863. The molecule has 176 valence electrons. The zero-order valence-electron chi connectivity index (χ0n) is 19.8. The van der Waals surface area contributed by atoms with Gasteiger partial charge >= 0.3 is 5.97 Å². The summed E-state index contributed by atoms with van der Waals surface area (Å²) in [4.78, 5) is 11.2. The van der Waals surface area contributed by atoms with E-state index in [0.717, 1.165) is 27.1 Å². The van der Waals surface area contributed by atoms with E-state index >= 15 is 0 Å². The summed E-state index contributed by atoms with van der Waals surface area (Å²) in [5.41, 5.74) is 2.70. The maximum absolute atomic E-state index is 11.2. The van der Waals surface area contributed by atoms with E-state index in [4.69, 9.17) is 14.2 Å². The van der Waals surface area contributed by atoms with Crippen LogP contribution in [0.2, 0.25) is 0 Å². The molecule has 3 aromatic carbocycles. The average Bonchev–Trinajstić information content (AvgIpc) is 2.82. The van der Waals surface area contributed by atoms with Gasteiger partial charge in [-0.25, -0.2) is 4.79 Å². The Morgan fingerprint density at radius 3 is 2.47 bits per heavy atom. The molecule has 5 nitrogen and oxygen atoms in total. The summed E-state index contributed by atoms with van der Waals surface area (Å²) in [7, 11) is 0. The van der Waals surface area contributed by atoms with Gasteiger partial charge in [0.25, 0.3) is 0 Å². The fourth-order valence-electron chi connectivity index (χ4n) is 3.21. The molecule has 0 amide bonds. The van der Waals surface area contributed by atoms with E-state index in [-0.39, 0.29) is 6.61 Å². The van der Waals surface area contributed by atoms with Crippen LogP contribution in [0.1, 0.15) is 25.0 Å². The number of hydrogen-bond acceptors (Lipinski definition) is 4. The number of benzene rings is 3. The summed E-state index contributed by atoms with van der Waals surface area (Å²) in [6.45, 7) is 10.1. The van der Waals surface area contributed by atoms with Crippen LogP contribution in [0.3, 0.4) is 0 Å². The minimum atomic E-state index is -1.02. The highest BCUT2D eigenvalue weighted by molar-refractivity contribution is 5.72. The molecule has 0 heterocycles. The quantitative estimate of drug-likeness (QED) is 0.479. The molecule has 0 aliphatic carbocycles. The number of allylic oxidation sites excluding steroid dienone is 1. The highest BCUT2D eigenvalue weighted by atomic mass is 16.5. The van der Waals surface area contributed by atoms with Crippen molar-refractivity contribution in [1.82, 2.24) is 0 Å². The predicted octanol–water partition coefficient (Wildman–Crippen LogP) is 4.64. The Morgan fingerprint density at radius 1 is 1.03 bits per heavy atom. The van der Waals surface area contributed by atoms with E-state index in [1.807, 2.05) is 92.7 Å². The second-order valence-electron chi connectivity index (χ2n) is 8.09. The normalized spacial score (nSPS) is 12.8. The van der Waals surface area contributed by atoms with Gasteiger partial charge in [-0.2, -0.15) is 0 Å². The molecule has 0 bridgehead atoms. The van der Waals surface area contributed by atoms with Crippen molar-refractivity contribution in [3.05, 3.63) is 99.9 Å². The van der Waals surface area contributed by atoms with Gasteiger partial charge in [0, 0.05) is 11.6 Å². The van der Waals surface area contributed by atoms with Crippen molar-refractivity contribution in [2.24, 2.45) is 0 Å². The van der Waals surface area contributed by atoms with Gasteiger partial charge in [0.1, 0.15) is 30.5 Å². The van der Waals surface area contributed by atoms with Gasteiger partial charge in [0.2, 0.25) is 0 Å². The zero-order chi connectivity index (χ0) is 24.5. The van der Waals surface area contributed by atoms with Crippen molar-refractivity contribution < 1.29 is 24.1 Å². The third-order valence-electron chi connectivity index (χ3n) is 5.20. The number of carbonyl (C=O) groups is 1. The zero-order valence-corrected chi connectivity index (χ0v) is 19.8. The molecule has 0 aromatic heterocycles. The third-order valence-corrected chi connectivity index (χ3v) is 5.20. The number of aryl methyl sites for hydroxylation is 1. The standard InChI is InChI=1S/C29H30O5/c1-20(15-16-24-11-6-5-9-21(24)2)18-32-26-13-8-14-27(17-26)33-19-25-12-7-10-22(3)28(25)34-23(4)29(30)31/h5-17,23H,2,18-19H2,1,3-4H3,(H,30,31)/b20-15+,24-16-. The van der Waals surface area contributed by atoms with Gasteiger partial charge in [-0.1, -0.05) is 67.3 Å². The molecule has 0 aliphatic heterocycles. The Labute approximate surface area is 200 Å². The summed E-state index contributed by atoms with van der Waals surface area (Å²) < 4.78 is 17.5. The van der Waals surface area contributed by atoms with Crippen LogP contribution in [-0.2, 0) is 11.4 Å². The highest BCUT2D eigenvalue weighted by Crippen LogP contribution is 2.27. The van der Waals surface area contributed by atoms with E-state index in [9.17, 15) is 9.90 Å². The summed E-state index contributed by atoms with van der Waals surface area (Å²) in [6.07, 6.45) is 3.11. The Hall–Kier alpha value is -3.99. The lowest BCUT2D eigenvalue weighted by Crippen LogP contribution is -2.24. The van der Waals surface area contributed by atoms with Crippen LogP contribution in [0.4, 0.5) is 0 Å². The lowest BCUT2D eigenvalue weighted by Gasteiger charge is -2.17. The van der Waals surface area contributed by atoms with E-state index in [2.05, 4.69) is 6.58 Å². The third kappa shape index (κ3) is 7.01. The number of aliphatic carboxylic acids is 1. The summed E-state index contributed by atoms with van der Waals surface area (Å²) in [6, 6.07) is 21.0. The van der Waals surface area contributed by atoms with Crippen LogP contribution < -0.4 is 24.6 Å². The molecule has 0 aliphatic rings. The molecule has 5 heteroatoms. The Bertz CT molecular complexity index is 1280. The van der Waals surface area contributed by atoms with Crippen LogP contribution in [-0.4, -0.2) is 23.8 Å². The van der Waals surface area contributed by atoms with Crippen LogP contribution in [0, 0.1) is 6.92 Å². The molecule has 0 fully saturated rings. The Kier molecular flexibility index (Phi) is 8.52. The van der Waals surface area contributed by atoms with Crippen LogP contribution in [0.5, 0.6) is 17.2 Å². The van der Waals surface area contributed by atoms with Crippen molar-refractivity contribution in [1.29, 1.82) is 0 Å². The van der Waals surface area contributed by atoms with Gasteiger partial charge in [-0.3, -0.25) is 0 Å². The van der Waals surface area contributed by atoms with Crippen LogP contribution >= 0.6 is 0 Å². The monoisotopic (exact) mass is 458 g/mol. The Balaban J connectivity index is 1.63. The average molecular weight is 459 g/mol. The van der Waals surface area contributed by atoms with Gasteiger partial charge in [-0.15, -0.1) is 0 Å². The summed E-state index contributed by atoms with van der Waals surface area (Å²) >= 11 is 0. The number of ether oxygens (including phenoxy) is 3. The lowest BCUT2D eigenvalue weighted by atomic mass is 10.1. The van der Waals surface area contributed by atoms with Crippen LogP contribution in [0.25, 0.3) is 12.7 Å². The first-order chi connectivity index (χ1) is 16.3. The molecule has 1 N–H and O–H groups in total. The maximum atomic E-state index is 11.2. The van der Waals surface area contributed by atoms with Gasteiger partial charge < -0.3 is 19.3 Å². The molecule has 1 atom stereocenters. The van der Waals surface area contributed by atoms with Crippen LogP contribution in [0.15, 0.2) is 78.4 Å². The van der Waals surface area contributed by atoms with Crippen molar-refractivity contribution in [2.75, 3.05) is 6.61 Å². The Morgan fingerprint density at radius 2 is 1.74 bits per heavy atom. The second kappa shape index (κ2) is 11.8. The lowest BCUT2D eigenvalue weighted by molar-refractivity contribution is -0.144. The smallest absolute Gasteiger partial charge is 0.344 e. The molecule has 1 unspecified atom stereocenters. The molecular weight excluding hydrogens is 428 g/mol. The minimum absolute atomic E-state index is 0.241. The van der Waals surface area contributed by atoms with Gasteiger partial charge in [0.05, 0.1) is 0 Å². The van der Waals surface area contributed by atoms with Crippen molar-refractivity contribution in [3.63, 3.8) is 0 Å². The minimum Gasteiger partial charge on any atom is -0.489 e. The van der Waals surface area contributed by atoms with Crippen molar-refractivity contribution in [3.8, 4) is 17.2 Å². The number of carboxylic acids is 1. The SMILES string of the molecule is C=c1cccc/c1=C/C=C(\C)COc1cccc(OCc2cccc(C)c2OC(C)C(=O)O)c1. The first-order valence-electron chi connectivity index (χ1n) is 11.1. The largest absolute Gasteiger partial charge is 0.489 e. The van der Waals surface area contributed by atoms with Gasteiger partial charge in [0.15, 0.2) is 6.10 Å². The molecule has 0 spiro atoms. The number of rotatable bonds is 10. The highest BCUT2D eigenvalue weighted by Gasteiger charge is 2.16. The fraction of sp³-hybridized carbons (Fsp3) is 0.207. The van der Waals surface area contributed by atoms with Gasteiger partial charge in [-0.05, 0) is 54.5 Å². The van der Waals surface area contributed by atoms with E-state index in [0.29, 0.717) is 23.9 Å². The number of hydrogen-bond donors (Lipinski definition) is 1. The van der Waals surface area contributed by atoms with E-state index < -0.39 is 12.1 Å². The van der Waals surface area contributed by atoms with Crippen molar-refractivity contribution >= 4 is 18.6 Å². The number of para-hydroxylation sites is 1. The first-order valence-corrected chi connectivity index (χ1v) is 11.1. The maximum Gasteiger partial charge on any atom is 0.344 e. The fourth-order valence-corrected chi connectivity index (χ4v) is 3.21. The van der Waals surface area contributed by atoms with E-state index in [1.165, 1.54) is 6.92 Å².